The van der Waals surface area contributed by atoms with E-state index in [0.717, 1.165) is 34.6 Å². The fourth-order valence-corrected chi connectivity index (χ4v) is 16.9. The van der Waals surface area contributed by atoms with Gasteiger partial charge in [-0.25, -0.2) is 4.79 Å². The Morgan fingerprint density at radius 1 is 0.328 bits per heavy atom. The molecule has 756 valence electrons. The molecule has 0 unspecified atom stereocenters. The highest BCUT2D eigenvalue weighted by molar-refractivity contribution is 5.77. The first-order valence-electron chi connectivity index (χ1n) is 41.6. The SMILES string of the molecule is CC(=O)N[C@@H]1[C@H](O[C@@H]2[C@@H](O[C@@H]3[C@H](O)[C@H](O[C@H]4[C@H](O)[C@@H](NC(C)=O)[C@H](O[C@H]5[C@H](O)[C@@H](NC(C)=O)[C@H](O)O[C@@H]5CO[C@@H]5O[C@@H](C)[C@@H](O)[C@@H](O)[C@@H]5O)O[C@@H]4CO)O[C@H](CO[C@H]4O[C@H](CO)[C@@H](O)[C@H](O)[C@@H]4O[C@@H]4O[C@H](CO)[C@@H](O[C@@H]5O[C@H](CO)[C@H](O)[C@H](O[C@]6(C(=O)O)C[C@H](O)[C@@H](NC(C)=O)[C@H]([C@H](O)[C@H](O)CO)O6)[C@H]5O)[C@H](O)[C@H]4NC(C)=O)[C@H]3O)O[C@H](CO)[C@@H](O)[C@@H]2O)O[C@H](CO)[C@@H](O)[C@@H]1O. The fraction of sp³-hybridized carbons (Fsp3) is 0.918. The highest BCUT2D eigenvalue weighted by atomic mass is 16.8. The summed E-state index contributed by atoms with van der Waals surface area (Å²) in [4.78, 5) is 77.1. The molecule has 0 bridgehead atoms. The number of aliphatic hydroxyl groups excluding tert-OH is 27. The van der Waals surface area contributed by atoms with Crippen LogP contribution in [0.15, 0.2) is 0 Å². The molecule has 10 aliphatic heterocycles. The lowest BCUT2D eigenvalue weighted by atomic mass is 9.88. The van der Waals surface area contributed by atoms with E-state index in [1.807, 2.05) is 0 Å². The van der Waals surface area contributed by atoms with Crippen molar-refractivity contribution in [3.63, 3.8) is 0 Å². The molecule has 58 nitrogen and oxygen atoms in total. The van der Waals surface area contributed by atoms with Crippen LogP contribution in [0.2, 0.25) is 0 Å². The Kier molecular flexibility index (Phi) is 38.4. The Morgan fingerprint density at radius 3 is 1.15 bits per heavy atom. The van der Waals surface area contributed by atoms with Crippen molar-refractivity contribution in [2.75, 3.05) is 59.5 Å². The third kappa shape index (κ3) is 24.1. The molecular weight excluding hydrogens is 1790 g/mol. The number of aliphatic hydroxyl groups is 27. The highest BCUT2D eigenvalue weighted by Gasteiger charge is 2.64. The molecule has 58 heteroatoms. The summed E-state index contributed by atoms with van der Waals surface area (Å²) in [5, 5.41) is 326. The number of amides is 5. The van der Waals surface area contributed by atoms with Gasteiger partial charge in [-0.3, -0.25) is 24.0 Å². The zero-order valence-corrected chi connectivity index (χ0v) is 70.7. The largest absolute Gasteiger partial charge is 0.477 e. The zero-order valence-electron chi connectivity index (χ0n) is 70.7. The van der Waals surface area contributed by atoms with E-state index in [0.29, 0.717) is 0 Å². The first-order chi connectivity index (χ1) is 61.7. The van der Waals surface area contributed by atoms with Crippen LogP contribution in [0.4, 0.5) is 0 Å². The van der Waals surface area contributed by atoms with E-state index in [-0.39, 0.29) is 0 Å². The van der Waals surface area contributed by atoms with E-state index >= 15 is 0 Å². The molecule has 0 aromatic heterocycles. The number of rotatable bonds is 35. The maximum atomic E-state index is 13.3. The lowest BCUT2D eigenvalue weighted by Crippen LogP contribution is -2.71. The summed E-state index contributed by atoms with van der Waals surface area (Å²) >= 11 is 0. The Labute approximate surface area is 741 Å². The standard InChI is InChI=1S/C73H121N5O53/c1-17-38(93)49(104)52(107)67(115-17)113-16-32-57(46(101)34(63(110)116-32)75-19(3)87)124-65-36(77-21(5)89)47(102)55(29(13-84)121-65)125-68-53(108)59(127-71-62(51(106)42(97)27(11-82)120-71)129-64-35(76-20(4)88)45(100)40(95)25(9-80)117-64)44(99)31(123-68)15-114-70-61(50(105)41(96)26(10-81)119-70)128-66-37(78-22(6)90)48(103)56(30(14-85)122-66)126-69-54(109)60(43(98)28(12-83)118-69)131-73(72(111)112)7-23(91)33(74-18(2)86)58(130-73)39(94)24(92)8-79/h17,23-71,79-85,91-110H,7-16H2,1-6H3,(H,74,86)(H,75,87)(H,76,88)(H,77,89)(H,78,90)(H,111,112)/t17-,23-,24+,25+,26+,27+,28+,29+,30+,31+,32+,33+,34+,35-,36+,37+,38+,39+,40+,41+,42+,43-,44+,45+,46+,47+,48+,49+,50-,51-,52-,53-,54+,55+,56+,57+,58+,59-,60-,61-,62-,63+,64-,65-,66-,67+,68-,69-,70-,71+,73-/m0/s1. The molecular formula is C73H121N5O53. The number of aliphatic carboxylic acids is 1. The van der Waals surface area contributed by atoms with E-state index in [1.165, 1.54) is 6.92 Å². The Morgan fingerprint density at radius 2 is 0.679 bits per heavy atom. The number of ether oxygens (including phenoxy) is 19. The second-order valence-electron chi connectivity index (χ2n) is 33.2. The third-order valence-corrected chi connectivity index (χ3v) is 23.8. The van der Waals surface area contributed by atoms with Crippen molar-refractivity contribution in [1.29, 1.82) is 0 Å². The van der Waals surface area contributed by atoms with E-state index in [1.54, 1.807) is 0 Å². The monoisotopic (exact) mass is 1920 g/mol. The Balaban J connectivity index is 0.963. The maximum absolute atomic E-state index is 13.3. The number of carboxylic acid groups (broad SMARTS) is 1. The Hall–Kier alpha value is -5.02. The summed E-state index contributed by atoms with van der Waals surface area (Å²) in [6.07, 6.45) is -98.3. The minimum atomic E-state index is -3.31. The molecule has 0 radical (unpaired) electrons. The maximum Gasteiger partial charge on any atom is 0.364 e. The second-order valence-corrected chi connectivity index (χ2v) is 33.2. The first-order valence-corrected chi connectivity index (χ1v) is 41.6. The molecule has 0 aromatic carbocycles. The number of carbonyl (C=O) groups excluding carboxylic acids is 5. The average Bonchev–Trinajstić information content (AvgIpc) is 0.745. The molecule has 0 spiro atoms. The predicted molar refractivity (Wildman–Crippen MR) is 403 cm³/mol. The van der Waals surface area contributed by atoms with Gasteiger partial charge in [-0.1, -0.05) is 0 Å². The molecule has 0 saturated carbocycles. The highest BCUT2D eigenvalue weighted by Crippen LogP contribution is 2.43. The van der Waals surface area contributed by atoms with E-state index in [9.17, 15) is 172 Å². The number of nitrogens with one attached hydrogen (secondary N) is 5. The van der Waals surface area contributed by atoms with Crippen LogP contribution in [-0.4, -0.2) is 550 Å². The number of carbonyl (C=O) groups is 6. The van der Waals surface area contributed by atoms with E-state index in [4.69, 9.17) is 90.0 Å². The van der Waals surface area contributed by atoms with Gasteiger partial charge in [-0.05, 0) is 6.92 Å². The zero-order chi connectivity index (χ0) is 96.9. The molecule has 10 fully saturated rings. The van der Waals surface area contributed by atoms with Gasteiger partial charge in [0.05, 0.1) is 77.7 Å². The predicted octanol–water partition coefficient (Wildman–Crippen LogP) is -21.9. The summed E-state index contributed by atoms with van der Waals surface area (Å²) in [5.41, 5.74) is 0. The third-order valence-electron chi connectivity index (χ3n) is 23.8. The number of carboxylic acids is 1. The topological polar surface area (TPSA) is 904 Å². The summed E-state index contributed by atoms with van der Waals surface area (Å²) < 4.78 is 113. The summed E-state index contributed by atoms with van der Waals surface area (Å²) in [7, 11) is 0. The van der Waals surface area contributed by atoms with Crippen LogP contribution < -0.4 is 26.6 Å². The number of hydrogen-bond acceptors (Lipinski definition) is 52. The molecule has 10 aliphatic rings. The molecule has 0 aliphatic carbocycles. The summed E-state index contributed by atoms with van der Waals surface area (Å²) in [6, 6.07) is -9.50. The molecule has 131 heavy (non-hydrogen) atoms. The van der Waals surface area contributed by atoms with Crippen LogP contribution in [0.1, 0.15) is 48.0 Å². The smallest absolute Gasteiger partial charge is 0.364 e. The van der Waals surface area contributed by atoms with Gasteiger partial charge in [-0.15, -0.1) is 0 Å². The van der Waals surface area contributed by atoms with Crippen LogP contribution in [-0.2, 0) is 119 Å². The first kappa shape index (κ1) is 108. The van der Waals surface area contributed by atoms with Gasteiger partial charge in [0.25, 0.3) is 5.79 Å². The van der Waals surface area contributed by atoms with Crippen LogP contribution >= 0.6 is 0 Å². The lowest BCUT2D eigenvalue weighted by molar-refractivity contribution is -0.397. The van der Waals surface area contributed by atoms with E-state index < -0.39 is 414 Å². The van der Waals surface area contributed by atoms with Gasteiger partial charge in [0.1, 0.15) is 232 Å². The number of hydrogen-bond donors (Lipinski definition) is 33. The van der Waals surface area contributed by atoms with Crippen molar-refractivity contribution in [2.24, 2.45) is 0 Å². The summed E-state index contributed by atoms with van der Waals surface area (Å²) in [6.45, 7) is -4.62. The fourth-order valence-electron chi connectivity index (χ4n) is 16.9. The van der Waals surface area contributed by atoms with Gasteiger partial charge in [0.2, 0.25) is 29.5 Å². The molecule has 0 aromatic rings. The van der Waals surface area contributed by atoms with Crippen molar-refractivity contribution in [3.8, 4) is 0 Å². The van der Waals surface area contributed by atoms with Crippen LogP contribution in [0.25, 0.3) is 0 Å². The molecule has 5 amide bonds. The molecule has 10 heterocycles. The minimum Gasteiger partial charge on any atom is -0.477 e. The van der Waals surface area contributed by atoms with Gasteiger partial charge < -0.3 is 260 Å². The quantitative estimate of drug-likeness (QED) is 0.0280. The molecule has 10 saturated heterocycles. The van der Waals surface area contributed by atoms with Crippen molar-refractivity contribution in [3.05, 3.63) is 0 Å². The van der Waals surface area contributed by atoms with Crippen molar-refractivity contribution >= 4 is 35.5 Å². The lowest BCUT2D eigenvalue weighted by Gasteiger charge is -2.51. The van der Waals surface area contributed by atoms with Gasteiger partial charge in [-0.2, -0.15) is 0 Å². The summed E-state index contributed by atoms with van der Waals surface area (Å²) in [5.74, 6) is -10.2. The molecule has 33 N–H and O–H groups in total. The van der Waals surface area contributed by atoms with Gasteiger partial charge in [0, 0.05) is 41.0 Å². The Bertz CT molecular complexity index is 3670. The minimum absolute atomic E-state index is 0.854. The van der Waals surface area contributed by atoms with Crippen LogP contribution in [0, 0.1) is 0 Å². The second kappa shape index (κ2) is 46.6. The van der Waals surface area contributed by atoms with Crippen LogP contribution in [0.5, 0.6) is 0 Å². The van der Waals surface area contributed by atoms with Crippen molar-refractivity contribution in [2.45, 2.75) is 360 Å². The van der Waals surface area contributed by atoms with E-state index in [2.05, 4.69) is 26.6 Å². The van der Waals surface area contributed by atoms with Crippen molar-refractivity contribution in [1.82, 2.24) is 26.6 Å². The average molecular weight is 1920 g/mol. The molecule has 10 rings (SSSR count). The van der Waals surface area contributed by atoms with Crippen LogP contribution in [0.3, 0.4) is 0 Å². The molecule has 51 atom stereocenters. The normalized spacial score (nSPS) is 47.5. The van der Waals surface area contributed by atoms with Crippen molar-refractivity contribution < 1.29 is 262 Å². The van der Waals surface area contributed by atoms with Gasteiger partial charge in [0.15, 0.2) is 56.6 Å². The van der Waals surface area contributed by atoms with Gasteiger partial charge >= 0.3 is 5.97 Å².